The van der Waals surface area contributed by atoms with Crippen molar-refractivity contribution >= 4 is 17.6 Å². The fourth-order valence-corrected chi connectivity index (χ4v) is 1.47. The summed E-state index contributed by atoms with van der Waals surface area (Å²) in [6, 6.07) is 4.41. The number of carbonyl (C=O) groups is 2. The van der Waals surface area contributed by atoms with Gasteiger partial charge in [-0.1, -0.05) is 6.07 Å². The second-order valence-corrected chi connectivity index (χ2v) is 3.59. The first kappa shape index (κ1) is 13.0. The highest BCUT2D eigenvalue weighted by atomic mass is 16.4. The van der Waals surface area contributed by atoms with Gasteiger partial charge >= 0.3 is 11.9 Å². The van der Waals surface area contributed by atoms with Gasteiger partial charge in [0.15, 0.2) is 6.10 Å². The summed E-state index contributed by atoms with van der Waals surface area (Å²) in [7, 11) is 0. The van der Waals surface area contributed by atoms with Crippen LogP contribution in [-0.2, 0) is 16.0 Å². The van der Waals surface area contributed by atoms with Crippen LogP contribution in [0.4, 0.5) is 5.69 Å². The van der Waals surface area contributed by atoms with E-state index in [1.807, 2.05) is 0 Å². The minimum absolute atomic E-state index is 0.136. The van der Waals surface area contributed by atoms with E-state index >= 15 is 0 Å². The van der Waals surface area contributed by atoms with Crippen molar-refractivity contribution in [3.05, 3.63) is 29.3 Å². The summed E-state index contributed by atoms with van der Waals surface area (Å²) in [6.07, 6.45) is -1.68. The lowest BCUT2D eigenvalue weighted by molar-refractivity contribution is -0.147. The molecule has 0 spiro atoms. The van der Waals surface area contributed by atoms with Crippen LogP contribution in [0.15, 0.2) is 18.2 Å². The van der Waals surface area contributed by atoms with Gasteiger partial charge in [-0.05, 0) is 29.7 Å². The van der Waals surface area contributed by atoms with Crippen LogP contribution >= 0.6 is 0 Å². The van der Waals surface area contributed by atoms with Crippen LogP contribution in [0.5, 0.6) is 0 Å². The van der Waals surface area contributed by atoms with Gasteiger partial charge in [0, 0.05) is 12.1 Å². The Morgan fingerprint density at radius 2 is 1.94 bits per heavy atom. The van der Waals surface area contributed by atoms with E-state index in [9.17, 15) is 14.7 Å². The number of carboxylic acids is 2. The molecule has 5 N–H and O–H groups in total. The molecule has 6 nitrogen and oxygen atoms in total. The van der Waals surface area contributed by atoms with Crippen LogP contribution in [0.3, 0.4) is 0 Å². The molecule has 1 aromatic carbocycles. The molecule has 6 heteroatoms. The molecule has 0 saturated heterocycles. The SMILES string of the molecule is Nc1ccc(CCC(=O)O)c(C(O)C(=O)O)c1. The van der Waals surface area contributed by atoms with Gasteiger partial charge in [-0.15, -0.1) is 0 Å². The summed E-state index contributed by atoms with van der Waals surface area (Å²) in [5.41, 5.74) is 6.43. The number of anilines is 1. The topological polar surface area (TPSA) is 121 Å². The molecule has 92 valence electrons. The molecular weight excluding hydrogens is 226 g/mol. The molecule has 1 aromatic rings. The van der Waals surface area contributed by atoms with Crippen LogP contribution in [0.25, 0.3) is 0 Å². The van der Waals surface area contributed by atoms with Gasteiger partial charge in [0.25, 0.3) is 0 Å². The third kappa shape index (κ3) is 3.46. The van der Waals surface area contributed by atoms with Crippen molar-refractivity contribution in [3.63, 3.8) is 0 Å². The highest BCUT2D eigenvalue weighted by Gasteiger charge is 2.19. The van der Waals surface area contributed by atoms with Gasteiger partial charge < -0.3 is 21.1 Å². The summed E-state index contributed by atoms with van der Waals surface area (Å²) >= 11 is 0. The second-order valence-electron chi connectivity index (χ2n) is 3.59. The van der Waals surface area contributed by atoms with Gasteiger partial charge in [-0.3, -0.25) is 4.79 Å². The lowest BCUT2D eigenvalue weighted by atomic mass is 9.98. The minimum Gasteiger partial charge on any atom is -0.481 e. The van der Waals surface area contributed by atoms with Crippen molar-refractivity contribution in [2.75, 3.05) is 5.73 Å². The lowest BCUT2D eigenvalue weighted by Crippen LogP contribution is -2.13. The summed E-state index contributed by atoms with van der Waals surface area (Å²) in [6.45, 7) is 0. The molecule has 1 atom stereocenters. The Morgan fingerprint density at radius 1 is 1.29 bits per heavy atom. The van der Waals surface area contributed by atoms with Crippen molar-refractivity contribution < 1.29 is 24.9 Å². The average Bonchev–Trinajstić information content (AvgIpc) is 2.26. The predicted octanol–water partition coefficient (Wildman–Crippen LogP) is 0.404. The number of aliphatic hydroxyl groups is 1. The summed E-state index contributed by atoms with van der Waals surface area (Å²) in [5, 5.41) is 26.8. The number of nitrogen functional groups attached to an aromatic ring is 1. The number of aryl methyl sites for hydroxylation is 1. The highest BCUT2D eigenvalue weighted by molar-refractivity contribution is 5.75. The molecule has 0 heterocycles. The Kier molecular flexibility index (Phi) is 4.06. The minimum atomic E-state index is -1.69. The average molecular weight is 239 g/mol. The van der Waals surface area contributed by atoms with E-state index in [1.165, 1.54) is 18.2 Å². The summed E-state index contributed by atoms with van der Waals surface area (Å²) < 4.78 is 0. The molecule has 0 amide bonds. The van der Waals surface area contributed by atoms with E-state index in [4.69, 9.17) is 15.9 Å². The van der Waals surface area contributed by atoms with Crippen LogP contribution < -0.4 is 5.73 Å². The quantitative estimate of drug-likeness (QED) is 0.552. The van der Waals surface area contributed by atoms with Crippen LogP contribution in [0, 0.1) is 0 Å². The smallest absolute Gasteiger partial charge is 0.337 e. The number of aliphatic carboxylic acids is 2. The number of aliphatic hydroxyl groups excluding tert-OH is 1. The van der Waals surface area contributed by atoms with Crippen molar-refractivity contribution in [2.45, 2.75) is 18.9 Å². The maximum absolute atomic E-state index is 10.7. The molecule has 17 heavy (non-hydrogen) atoms. The van der Waals surface area contributed by atoms with E-state index < -0.39 is 18.0 Å². The third-order valence-corrected chi connectivity index (χ3v) is 2.31. The maximum Gasteiger partial charge on any atom is 0.337 e. The Hall–Kier alpha value is -2.08. The van der Waals surface area contributed by atoms with E-state index in [-0.39, 0.29) is 18.4 Å². The molecule has 0 bridgehead atoms. The van der Waals surface area contributed by atoms with Crippen molar-refractivity contribution in [1.29, 1.82) is 0 Å². The number of carboxylic acid groups (broad SMARTS) is 2. The number of hydrogen-bond acceptors (Lipinski definition) is 4. The fourth-order valence-electron chi connectivity index (χ4n) is 1.47. The van der Waals surface area contributed by atoms with Gasteiger partial charge in [-0.2, -0.15) is 0 Å². The number of nitrogens with two attached hydrogens (primary N) is 1. The molecular formula is C11H13NO5. The molecule has 1 unspecified atom stereocenters. The van der Waals surface area contributed by atoms with Gasteiger partial charge in [0.05, 0.1) is 0 Å². The Morgan fingerprint density at radius 3 is 2.47 bits per heavy atom. The van der Waals surface area contributed by atoms with E-state index in [1.54, 1.807) is 0 Å². The normalized spacial score (nSPS) is 12.1. The summed E-state index contributed by atoms with van der Waals surface area (Å²) in [4.78, 5) is 21.1. The molecule has 0 aliphatic rings. The highest BCUT2D eigenvalue weighted by Crippen LogP contribution is 2.22. The number of hydrogen-bond donors (Lipinski definition) is 4. The zero-order chi connectivity index (χ0) is 13.0. The first-order chi connectivity index (χ1) is 7.91. The van der Waals surface area contributed by atoms with Gasteiger partial charge in [-0.25, -0.2) is 4.79 Å². The van der Waals surface area contributed by atoms with Crippen LogP contribution in [0.2, 0.25) is 0 Å². The van der Waals surface area contributed by atoms with E-state index in [0.717, 1.165) is 0 Å². The van der Waals surface area contributed by atoms with Crippen molar-refractivity contribution in [2.24, 2.45) is 0 Å². The zero-order valence-electron chi connectivity index (χ0n) is 8.96. The van der Waals surface area contributed by atoms with Crippen LogP contribution in [-0.4, -0.2) is 27.3 Å². The summed E-state index contributed by atoms with van der Waals surface area (Å²) in [5.74, 6) is -2.38. The number of benzene rings is 1. The van der Waals surface area contributed by atoms with E-state index in [2.05, 4.69) is 0 Å². The van der Waals surface area contributed by atoms with E-state index in [0.29, 0.717) is 11.3 Å². The Bertz CT molecular complexity index is 443. The predicted molar refractivity (Wildman–Crippen MR) is 59.4 cm³/mol. The number of rotatable bonds is 5. The maximum atomic E-state index is 10.7. The Balaban J connectivity index is 3.03. The molecule has 0 radical (unpaired) electrons. The van der Waals surface area contributed by atoms with Gasteiger partial charge in [0.1, 0.15) is 0 Å². The fraction of sp³-hybridized carbons (Fsp3) is 0.273. The van der Waals surface area contributed by atoms with Crippen LogP contribution in [0.1, 0.15) is 23.7 Å². The first-order valence-electron chi connectivity index (χ1n) is 4.92. The molecule has 0 fully saturated rings. The largest absolute Gasteiger partial charge is 0.481 e. The second kappa shape index (κ2) is 5.31. The molecule has 0 aliphatic carbocycles. The van der Waals surface area contributed by atoms with Gasteiger partial charge in [0.2, 0.25) is 0 Å². The first-order valence-corrected chi connectivity index (χ1v) is 4.92. The lowest BCUT2D eigenvalue weighted by Gasteiger charge is -2.12. The van der Waals surface area contributed by atoms with Crippen molar-refractivity contribution in [3.8, 4) is 0 Å². The Labute approximate surface area is 97.3 Å². The zero-order valence-corrected chi connectivity index (χ0v) is 8.96. The molecule has 0 aromatic heterocycles. The molecule has 0 saturated carbocycles. The molecule has 0 aliphatic heterocycles. The third-order valence-electron chi connectivity index (χ3n) is 2.31. The molecule has 1 rings (SSSR count). The monoisotopic (exact) mass is 239 g/mol. The van der Waals surface area contributed by atoms with Crippen molar-refractivity contribution in [1.82, 2.24) is 0 Å². The standard InChI is InChI=1S/C11H13NO5/c12-7-3-1-6(2-4-9(13)14)8(5-7)10(15)11(16)17/h1,3,5,10,15H,2,4,12H2,(H,13,14)(H,16,17).